The predicted molar refractivity (Wildman–Crippen MR) is 54.8 cm³/mol. The molecule has 12 heavy (non-hydrogen) atoms. The minimum absolute atomic E-state index is 0.0147. The van der Waals surface area contributed by atoms with E-state index < -0.39 is 0 Å². The van der Waals surface area contributed by atoms with Gasteiger partial charge in [0.2, 0.25) is 5.91 Å². The molecule has 0 unspecified atom stereocenters. The van der Waals surface area contributed by atoms with Crippen molar-refractivity contribution in [3.8, 4) is 0 Å². The summed E-state index contributed by atoms with van der Waals surface area (Å²) in [4.78, 5) is 11.0. The van der Waals surface area contributed by atoms with E-state index in [1.165, 1.54) is 0 Å². The second-order valence-corrected chi connectivity index (χ2v) is 3.40. The number of amides is 1. The molecule has 0 bridgehead atoms. The van der Waals surface area contributed by atoms with E-state index in [-0.39, 0.29) is 5.91 Å². The molecule has 4 nitrogen and oxygen atoms in total. The Labute approximate surface area is 84.5 Å². The van der Waals surface area contributed by atoms with Crippen molar-refractivity contribution in [1.82, 2.24) is 9.78 Å². The lowest BCUT2D eigenvalue weighted by Gasteiger charge is -1.99. The molecule has 0 aromatic carbocycles. The maximum Gasteiger partial charge on any atom is 0.224 e. The van der Waals surface area contributed by atoms with Crippen LogP contribution in [0.3, 0.4) is 0 Å². The molecule has 0 radical (unpaired) electrons. The van der Waals surface area contributed by atoms with Crippen molar-refractivity contribution in [1.29, 1.82) is 0 Å². The number of hydrogen-bond donors (Lipinski definition) is 1. The summed E-state index contributed by atoms with van der Waals surface area (Å²) < 4.78 is 2.65. The van der Waals surface area contributed by atoms with Gasteiger partial charge < -0.3 is 5.32 Å². The highest BCUT2D eigenvalue weighted by Gasteiger charge is 2.06. The van der Waals surface area contributed by atoms with Gasteiger partial charge in [-0.15, -0.1) is 0 Å². The molecule has 0 aliphatic heterocycles. The normalized spacial score (nSPS) is 9.92. The van der Waals surface area contributed by atoms with Gasteiger partial charge in [-0.2, -0.15) is 5.10 Å². The van der Waals surface area contributed by atoms with Gasteiger partial charge in [0.25, 0.3) is 0 Å². The SMILES string of the molecule is CCC(=O)Nc1cnn(C)c1I. The Morgan fingerprint density at radius 2 is 2.50 bits per heavy atom. The van der Waals surface area contributed by atoms with Crippen molar-refractivity contribution in [2.75, 3.05) is 5.32 Å². The Bertz CT molecular complexity index is 295. The van der Waals surface area contributed by atoms with E-state index in [0.717, 1.165) is 9.39 Å². The molecule has 0 fully saturated rings. The lowest BCUT2D eigenvalue weighted by atomic mass is 10.4. The smallest absolute Gasteiger partial charge is 0.224 e. The zero-order valence-electron chi connectivity index (χ0n) is 6.97. The molecule has 1 heterocycles. The van der Waals surface area contributed by atoms with Gasteiger partial charge in [0.05, 0.1) is 11.9 Å². The molecular formula is C7H10IN3O. The molecule has 0 atom stereocenters. The van der Waals surface area contributed by atoms with Crippen molar-refractivity contribution in [2.45, 2.75) is 13.3 Å². The lowest BCUT2D eigenvalue weighted by molar-refractivity contribution is -0.115. The fraction of sp³-hybridized carbons (Fsp3) is 0.429. The zero-order valence-corrected chi connectivity index (χ0v) is 9.12. The van der Waals surface area contributed by atoms with Crippen LogP contribution in [0.15, 0.2) is 6.20 Å². The van der Waals surface area contributed by atoms with Crippen molar-refractivity contribution in [3.63, 3.8) is 0 Å². The summed E-state index contributed by atoms with van der Waals surface area (Å²) in [7, 11) is 1.84. The molecule has 1 rings (SSSR count). The van der Waals surface area contributed by atoms with Gasteiger partial charge in [0, 0.05) is 13.5 Å². The molecule has 1 aromatic heterocycles. The molecule has 5 heteroatoms. The first-order chi connectivity index (χ1) is 5.65. The van der Waals surface area contributed by atoms with Crippen LogP contribution in [0.4, 0.5) is 5.69 Å². The van der Waals surface area contributed by atoms with Crippen LogP contribution in [0.2, 0.25) is 0 Å². The van der Waals surface area contributed by atoms with Crippen LogP contribution in [0, 0.1) is 3.70 Å². The number of carbonyl (C=O) groups excluding carboxylic acids is 1. The van der Waals surface area contributed by atoms with Gasteiger partial charge in [0.1, 0.15) is 3.70 Å². The van der Waals surface area contributed by atoms with Gasteiger partial charge in [0.15, 0.2) is 0 Å². The third kappa shape index (κ3) is 1.96. The average Bonchev–Trinajstić information content (AvgIpc) is 2.36. The summed E-state index contributed by atoms with van der Waals surface area (Å²) in [6, 6.07) is 0. The minimum Gasteiger partial charge on any atom is -0.323 e. The third-order valence-electron chi connectivity index (χ3n) is 1.46. The summed E-state index contributed by atoms with van der Waals surface area (Å²) in [6.07, 6.45) is 2.14. The summed E-state index contributed by atoms with van der Waals surface area (Å²) in [6.45, 7) is 1.82. The van der Waals surface area contributed by atoms with Crippen LogP contribution in [-0.4, -0.2) is 15.7 Å². The second-order valence-electron chi connectivity index (χ2n) is 2.37. The van der Waals surface area contributed by atoms with E-state index in [4.69, 9.17) is 0 Å². The number of carbonyl (C=O) groups is 1. The van der Waals surface area contributed by atoms with Crippen LogP contribution in [-0.2, 0) is 11.8 Å². The Kier molecular flexibility index (Phi) is 3.07. The summed E-state index contributed by atoms with van der Waals surface area (Å²) in [5.41, 5.74) is 0.782. The monoisotopic (exact) mass is 279 g/mol. The number of hydrogen-bond acceptors (Lipinski definition) is 2. The molecule has 66 valence electrons. The van der Waals surface area contributed by atoms with Crippen LogP contribution in [0.5, 0.6) is 0 Å². The highest BCUT2D eigenvalue weighted by molar-refractivity contribution is 14.1. The summed E-state index contributed by atoms with van der Waals surface area (Å²) >= 11 is 2.14. The topological polar surface area (TPSA) is 46.9 Å². The van der Waals surface area contributed by atoms with E-state index in [2.05, 4.69) is 33.0 Å². The first-order valence-corrected chi connectivity index (χ1v) is 4.70. The van der Waals surface area contributed by atoms with E-state index >= 15 is 0 Å². The van der Waals surface area contributed by atoms with Crippen LogP contribution >= 0.6 is 22.6 Å². The molecule has 0 spiro atoms. The number of anilines is 1. The molecule has 0 aliphatic rings. The number of aromatic nitrogens is 2. The van der Waals surface area contributed by atoms with E-state index in [1.807, 2.05) is 14.0 Å². The molecule has 0 aliphatic carbocycles. The zero-order chi connectivity index (χ0) is 9.14. The molecule has 0 saturated carbocycles. The van der Waals surface area contributed by atoms with Gasteiger partial charge >= 0.3 is 0 Å². The third-order valence-corrected chi connectivity index (χ3v) is 2.74. The number of rotatable bonds is 2. The fourth-order valence-corrected chi connectivity index (χ4v) is 1.14. The van der Waals surface area contributed by atoms with Crippen LogP contribution < -0.4 is 5.32 Å². The summed E-state index contributed by atoms with van der Waals surface area (Å²) in [5.74, 6) is 0.0147. The van der Waals surface area contributed by atoms with Gasteiger partial charge in [-0.25, -0.2) is 0 Å². The molecule has 0 saturated heterocycles. The summed E-state index contributed by atoms with van der Waals surface area (Å²) in [5, 5.41) is 6.75. The second kappa shape index (κ2) is 3.88. The quantitative estimate of drug-likeness (QED) is 0.831. The van der Waals surface area contributed by atoms with Gasteiger partial charge in [-0.05, 0) is 22.6 Å². The van der Waals surface area contributed by atoms with E-state index in [0.29, 0.717) is 6.42 Å². The molecular weight excluding hydrogens is 269 g/mol. The van der Waals surface area contributed by atoms with E-state index in [9.17, 15) is 4.79 Å². The van der Waals surface area contributed by atoms with Crippen LogP contribution in [0.25, 0.3) is 0 Å². The first-order valence-electron chi connectivity index (χ1n) is 3.62. The predicted octanol–water partition coefficient (Wildman–Crippen LogP) is 1.37. The Morgan fingerprint density at radius 1 is 1.83 bits per heavy atom. The fourth-order valence-electron chi connectivity index (χ4n) is 0.745. The van der Waals surface area contributed by atoms with Crippen LogP contribution in [0.1, 0.15) is 13.3 Å². The number of nitrogens with one attached hydrogen (secondary N) is 1. The molecule has 1 aromatic rings. The standard InChI is InChI=1S/C7H10IN3O/c1-3-6(12)10-5-4-9-11(2)7(5)8/h4H,3H2,1-2H3,(H,10,12). The van der Waals surface area contributed by atoms with E-state index in [1.54, 1.807) is 10.9 Å². The highest BCUT2D eigenvalue weighted by atomic mass is 127. The van der Waals surface area contributed by atoms with Gasteiger partial charge in [-0.3, -0.25) is 9.48 Å². The Balaban J connectivity index is 2.76. The Hall–Kier alpha value is -0.590. The van der Waals surface area contributed by atoms with Crippen molar-refractivity contribution >= 4 is 34.2 Å². The number of nitrogens with zero attached hydrogens (tertiary/aromatic N) is 2. The number of aryl methyl sites for hydroxylation is 1. The van der Waals surface area contributed by atoms with Gasteiger partial charge in [-0.1, -0.05) is 6.92 Å². The largest absolute Gasteiger partial charge is 0.323 e. The maximum atomic E-state index is 11.0. The lowest BCUT2D eigenvalue weighted by Crippen LogP contribution is -2.10. The average molecular weight is 279 g/mol. The van der Waals surface area contributed by atoms with Crippen molar-refractivity contribution in [2.24, 2.45) is 7.05 Å². The minimum atomic E-state index is 0.0147. The molecule has 1 N–H and O–H groups in total. The number of halogens is 1. The highest BCUT2D eigenvalue weighted by Crippen LogP contribution is 2.15. The van der Waals surface area contributed by atoms with Crippen molar-refractivity contribution < 1.29 is 4.79 Å². The van der Waals surface area contributed by atoms with Crippen molar-refractivity contribution in [3.05, 3.63) is 9.90 Å². The first kappa shape index (κ1) is 9.50. The maximum absolute atomic E-state index is 11.0. The Morgan fingerprint density at radius 3 is 2.92 bits per heavy atom. The molecule has 1 amide bonds.